The van der Waals surface area contributed by atoms with E-state index in [1.165, 1.54) is 0 Å². The molecule has 1 heterocycles. The molecule has 1 unspecified atom stereocenters. The summed E-state index contributed by atoms with van der Waals surface area (Å²) in [5, 5.41) is 9.85. The van der Waals surface area contributed by atoms with Crippen LogP contribution in [0.3, 0.4) is 0 Å². The van der Waals surface area contributed by atoms with Crippen molar-refractivity contribution >= 4 is 5.84 Å². The largest absolute Gasteiger partial charge is 0.384 e. The molecule has 2 aromatic rings. The standard InChI is InChI=1S/C20H22N4O/c21-11-12-24-18(23)20(15-22)19(25-20,13-16-7-3-1-4-8-16)14-17-9-5-2-6-10-17/h1-10H,11-14,21H2,(H2,23,24). The molecule has 4 N–H and O–H groups in total. The third kappa shape index (κ3) is 3.27. The van der Waals surface area contributed by atoms with Gasteiger partial charge in [0.2, 0.25) is 5.60 Å². The number of ether oxygens (including phenoxy) is 1. The Bertz CT molecular complexity index is 741. The lowest BCUT2D eigenvalue weighted by molar-refractivity contribution is 0.288. The second kappa shape index (κ2) is 7.06. The summed E-state index contributed by atoms with van der Waals surface area (Å²) in [4.78, 5) is 4.25. The van der Waals surface area contributed by atoms with Gasteiger partial charge in [0.1, 0.15) is 17.5 Å². The van der Waals surface area contributed by atoms with Crippen molar-refractivity contribution in [2.45, 2.75) is 24.0 Å². The molecule has 1 atom stereocenters. The highest BCUT2D eigenvalue weighted by Crippen LogP contribution is 2.52. The predicted molar refractivity (Wildman–Crippen MR) is 98.0 cm³/mol. The summed E-state index contributed by atoms with van der Waals surface area (Å²) in [6.45, 7) is 0.762. The maximum absolute atomic E-state index is 9.85. The Kier molecular flexibility index (Phi) is 4.84. The Morgan fingerprint density at radius 2 is 1.52 bits per heavy atom. The second-order valence-electron chi connectivity index (χ2n) is 6.27. The van der Waals surface area contributed by atoms with Gasteiger partial charge < -0.3 is 16.2 Å². The van der Waals surface area contributed by atoms with Crippen molar-refractivity contribution in [2.24, 2.45) is 16.5 Å². The van der Waals surface area contributed by atoms with Gasteiger partial charge in [-0.25, -0.2) is 0 Å². The molecule has 0 spiro atoms. The minimum absolute atomic E-state index is 0.215. The van der Waals surface area contributed by atoms with Crippen molar-refractivity contribution < 1.29 is 4.74 Å². The molecule has 0 amide bonds. The number of hydrogen-bond donors (Lipinski definition) is 2. The summed E-state index contributed by atoms with van der Waals surface area (Å²) >= 11 is 0. The second-order valence-corrected chi connectivity index (χ2v) is 6.27. The van der Waals surface area contributed by atoms with Gasteiger partial charge in [-0.15, -0.1) is 0 Å². The Labute approximate surface area is 147 Å². The van der Waals surface area contributed by atoms with Crippen LogP contribution in [-0.4, -0.2) is 30.1 Å². The zero-order valence-electron chi connectivity index (χ0n) is 14.1. The van der Waals surface area contributed by atoms with Crippen molar-refractivity contribution in [3.63, 3.8) is 0 Å². The fraction of sp³-hybridized carbons (Fsp3) is 0.300. The Hall–Kier alpha value is -2.68. The lowest BCUT2D eigenvalue weighted by Gasteiger charge is -2.16. The average Bonchev–Trinajstić information content (AvgIpc) is 3.29. The third-order valence-corrected chi connectivity index (χ3v) is 4.54. The van der Waals surface area contributed by atoms with Crippen LogP contribution in [0.1, 0.15) is 11.1 Å². The normalized spacial score (nSPS) is 21.5. The highest BCUT2D eigenvalue weighted by atomic mass is 16.6. The Morgan fingerprint density at radius 1 is 1.00 bits per heavy atom. The first kappa shape index (κ1) is 17.2. The first-order valence-electron chi connectivity index (χ1n) is 8.35. The third-order valence-electron chi connectivity index (χ3n) is 4.54. The van der Waals surface area contributed by atoms with Gasteiger partial charge in [-0.05, 0) is 11.1 Å². The highest BCUT2D eigenvalue weighted by molar-refractivity contribution is 5.96. The monoisotopic (exact) mass is 334 g/mol. The summed E-state index contributed by atoms with van der Waals surface area (Å²) in [5.41, 5.74) is 11.9. The quantitative estimate of drug-likeness (QED) is 0.458. The molecule has 0 bridgehead atoms. The van der Waals surface area contributed by atoms with Crippen molar-refractivity contribution in [2.75, 3.05) is 13.1 Å². The number of amidine groups is 1. The van der Waals surface area contributed by atoms with Crippen LogP contribution in [0.4, 0.5) is 0 Å². The zero-order chi connectivity index (χ0) is 17.8. The molecule has 0 radical (unpaired) electrons. The van der Waals surface area contributed by atoms with Crippen molar-refractivity contribution in [3.05, 3.63) is 71.8 Å². The van der Waals surface area contributed by atoms with Crippen molar-refractivity contribution in [1.82, 2.24) is 0 Å². The molecule has 0 aromatic heterocycles. The van der Waals surface area contributed by atoms with E-state index >= 15 is 0 Å². The zero-order valence-corrected chi connectivity index (χ0v) is 14.1. The summed E-state index contributed by atoms with van der Waals surface area (Å²) < 4.78 is 6.05. The van der Waals surface area contributed by atoms with E-state index in [1.54, 1.807) is 0 Å². The summed E-state index contributed by atoms with van der Waals surface area (Å²) in [7, 11) is 0. The van der Waals surface area contributed by atoms with Gasteiger partial charge in [-0.3, -0.25) is 4.99 Å². The van der Waals surface area contributed by atoms with E-state index in [0.717, 1.165) is 11.1 Å². The number of hydrogen-bond acceptors (Lipinski definition) is 4. The fourth-order valence-corrected chi connectivity index (χ4v) is 3.27. The van der Waals surface area contributed by atoms with Crippen molar-refractivity contribution in [1.29, 1.82) is 5.26 Å². The molecule has 0 saturated carbocycles. The molecule has 1 aliphatic heterocycles. The number of epoxide rings is 1. The topological polar surface area (TPSA) is 101 Å². The fourth-order valence-electron chi connectivity index (χ4n) is 3.27. The molecule has 0 aliphatic carbocycles. The number of aliphatic imine (C=N–C) groups is 1. The van der Waals surface area contributed by atoms with E-state index in [2.05, 4.69) is 11.1 Å². The van der Waals surface area contributed by atoms with Crippen LogP contribution >= 0.6 is 0 Å². The number of nitriles is 1. The number of benzene rings is 2. The number of nitrogens with two attached hydrogens (primary N) is 2. The maximum atomic E-state index is 9.85. The lowest BCUT2D eigenvalue weighted by atomic mass is 9.82. The van der Waals surface area contributed by atoms with Crippen LogP contribution in [0, 0.1) is 11.3 Å². The lowest BCUT2D eigenvalue weighted by Crippen LogP contribution is -2.41. The van der Waals surface area contributed by atoms with Crippen LogP contribution in [0.15, 0.2) is 65.7 Å². The summed E-state index contributed by atoms with van der Waals surface area (Å²) in [6, 6.07) is 22.3. The van der Waals surface area contributed by atoms with Gasteiger partial charge in [0.25, 0.3) is 0 Å². The summed E-state index contributed by atoms with van der Waals surface area (Å²) in [5.74, 6) is 0.215. The Balaban J connectivity index is 1.95. The SMILES string of the molecule is N#CC1(C(N)=NCCN)OC1(Cc1ccccc1)Cc1ccccc1. The van der Waals surface area contributed by atoms with E-state index in [9.17, 15) is 5.26 Å². The predicted octanol–water partition coefficient (Wildman–Crippen LogP) is 1.82. The van der Waals surface area contributed by atoms with E-state index in [0.29, 0.717) is 25.9 Å². The molecule has 1 aliphatic rings. The van der Waals surface area contributed by atoms with Crippen LogP contribution in [-0.2, 0) is 17.6 Å². The molecule has 5 heteroatoms. The van der Waals surface area contributed by atoms with E-state index in [4.69, 9.17) is 16.2 Å². The molecule has 2 aromatic carbocycles. The molecule has 5 nitrogen and oxygen atoms in total. The van der Waals surface area contributed by atoms with Gasteiger partial charge in [-0.1, -0.05) is 60.7 Å². The molecule has 25 heavy (non-hydrogen) atoms. The van der Waals surface area contributed by atoms with Gasteiger partial charge in [-0.2, -0.15) is 5.26 Å². The maximum Gasteiger partial charge on any atom is 0.241 e. The molecule has 1 saturated heterocycles. The first-order valence-corrected chi connectivity index (χ1v) is 8.35. The van der Waals surface area contributed by atoms with E-state index in [-0.39, 0.29) is 5.84 Å². The Morgan fingerprint density at radius 3 is 1.96 bits per heavy atom. The van der Waals surface area contributed by atoms with E-state index < -0.39 is 11.2 Å². The first-order chi connectivity index (χ1) is 12.2. The van der Waals surface area contributed by atoms with Gasteiger partial charge in [0, 0.05) is 19.4 Å². The molecule has 128 valence electrons. The molecule has 3 rings (SSSR count). The van der Waals surface area contributed by atoms with Gasteiger partial charge in [0.15, 0.2) is 0 Å². The number of rotatable bonds is 7. The van der Waals surface area contributed by atoms with Crippen LogP contribution in [0.5, 0.6) is 0 Å². The summed E-state index contributed by atoms with van der Waals surface area (Å²) in [6.07, 6.45) is 1.18. The van der Waals surface area contributed by atoms with Crippen LogP contribution in [0.25, 0.3) is 0 Å². The smallest absolute Gasteiger partial charge is 0.241 e. The average molecular weight is 334 g/mol. The molecular weight excluding hydrogens is 312 g/mol. The van der Waals surface area contributed by atoms with Crippen molar-refractivity contribution in [3.8, 4) is 6.07 Å². The number of nitrogens with zero attached hydrogens (tertiary/aromatic N) is 2. The van der Waals surface area contributed by atoms with Gasteiger partial charge >= 0.3 is 0 Å². The van der Waals surface area contributed by atoms with Crippen LogP contribution in [0.2, 0.25) is 0 Å². The molecule has 1 fully saturated rings. The minimum atomic E-state index is -1.20. The van der Waals surface area contributed by atoms with E-state index in [1.807, 2.05) is 60.7 Å². The highest BCUT2D eigenvalue weighted by Gasteiger charge is 2.73. The minimum Gasteiger partial charge on any atom is -0.384 e. The van der Waals surface area contributed by atoms with Gasteiger partial charge in [0.05, 0.1) is 6.54 Å². The van der Waals surface area contributed by atoms with Crippen LogP contribution < -0.4 is 11.5 Å². The molecular formula is C20H22N4O.